The van der Waals surface area contributed by atoms with Crippen LogP contribution in [0.15, 0.2) is 29.3 Å². The molecule has 1 aromatic rings. The van der Waals surface area contributed by atoms with Crippen molar-refractivity contribution in [2.75, 3.05) is 20.1 Å². The van der Waals surface area contributed by atoms with Gasteiger partial charge in [0.05, 0.1) is 5.75 Å². The van der Waals surface area contributed by atoms with Crippen LogP contribution in [-0.2, 0) is 22.3 Å². The number of hydrogen-bond acceptors (Lipinski definition) is 4. The van der Waals surface area contributed by atoms with Gasteiger partial charge in [-0.1, -0.05) is 24.3 Å². The molecule has 0 amide bonds. The number of aliphatic imine (C=N–C) groups is 1. The molecule has 0 saturated carbocycles. The molecular formula is C21H40IN5O2S. The van der Waals surface area contributed by atoms with Gasteiger partial charge in [-0.25, -0.2) is 13.1 Å². The Kier molecular flexibility index (Phi) is 13.8. The lowest BCUT2D eigenvalue weighted by Gasteiger charge is -2.30. The predicted molar refractivity (Wildman–Crippen MR) is 138 cm³/mol. The largest absolute Gasteiger partial charge is 0.355 e. The van der Waals surface area contributed by atoms with E-state index in [2.05, 4.69) is 52.9 Å². The molecule has 0 saturated heterocycles. The zero-order chi connectivity index (χ0) is 22.0. The van der Waals surface area contributed by atoms with Crippen molar-refractivity contribution in [3.05, 3.63) is 35.4 Å². The Balaban J connectivity index is 0.00000841. The molecular weight excluding hydrogens is 513 g/mol. The second-order valence-corrected chi connectivity index (χ2v) is 9.88. The van der Waals surface area contributed by atoms with Crippen LogP contribution < -0.4 is 15.4 Å². The Morgan fingerprint density at radius 1 is 0.967 bits per heavy atom. The van der Waals surface area contributed by atoms with Gasteiger partial charge in [-0.15, -0.1) is 24.0 Å². The van der Waals surface area contributed by atoms with Crippen LogP contribution in [0.5, 0.6) is 0 Å². The van der Waals surface area contributed by atoms with Gasteiger partial charge in [-0.2, -0.15) is 0 Å². The minimum absolute atomic E-state index is 0. The third-order valence-corrected chi connectivity index (χ3v) is 6.01. The first-order valence-electron chi connectivity index (χ1n) is 10.3. The van der Waals surface area contributed by atoms with Crippen molar-refractivity contribution in [1.82, 2.24) is 20.3 Å². The fourth-order valence-corrected chi connectivity index (χ4v) is 4.63. The van der Waals surface area contributed by atoms with Crippen molar-refractivity contribution in [2.24, 2.45) is 4.99 Å². The lowest BCUT2D eigenvalue weighted by atomic mass is 10.1. The summed E-state index contributed by atoms with van der Waals surface area (Å²) in [6.45, 7) is 14.9. The summed E-state index contributed by atoms with van der Waals surface area (Å²) in [5.41, 5.74) is 1.84. The molecule has 0 fully saturated rings. The summed E-state index contributed by atoms with van der Waals surface area (Å²) in [6, 6.07) is 8.51. The van der Waals surface area contributed by atoms with Crippen molar-refractivity contribution in [3.8, 4) is 0 Å². The Morgan fingerprint density at radius 3 is 1.97 bits per heavy atom. The molecule has 30 heavy (non-hydrogen) atoms. The maximum Gasteiger partial charge on any atom is 0.216 e. The molecule has 0 aliphatic heterocycles. The van der Waals surface area contributed by atoms with E-state index in [1.807, 2.05) is 38.1 Å². The van der Waals surface area contributed by atoms with E-state index in [0.717, 1.165) is 30.2 Å². The molecule has 0 aromatic heterocycles. The highest BCUT2D eigenvalue weighted by Gasteiger charge is 2.14. The fourth-order valence-electron chi connectivity index (χ4n) is 3.20. The first kappa shape index (κ1) is 29.1. The van der Waals surface area contributed by atoms with E-state index in [9.17, 15) is 8.42 Å². The lowest BCUT2D eigenvalue weighted by molar-refractivity contribution is 0.178. The molecule has 0 heterocycles. The number of benzene rings is 1. The van der Waals surface area contributed by atoms with E-state index in [1.165, 1.54) is 0 Å². The maximum absolute atomic E-state index is 12.0. The minimum Gasteiger partial charge on any atom is -0.355 e. The smallest absolute Gasteiger partial charge is 0.216 e. The number of hydrogen-bond donors (Lipinski definition) is 3. The van der Waals surface area contributed by atoms with Crippen molar-refractivity contribution in [1.29, 1.82) is 0 Å². The molecule has 174 valence electrons. The number of halogens is 1. The minimum atomic E-state index is -3.30. The molecule has 9 heteroatoms. The second-order valence-electron chi connectivity index (χ2n) is 8.13. The fraction of sp³-hybridized carbons (Fsp3) is 0.667. The van der Waals surface area contributed by atoms with Crippen LogP contribution in [0.4, 0.5) is 0 Å². The Morgan fingerprint density at radius 2 is 1.50 bits per heavy atom. The Bertz CT molecular complexity index is 726. The highest BCUT2D eigenvalue weighted by atomic mass is 127. The quantitative estimate of drug-likeness (QED) is 0.223. The summed E-state index contributed by atoms with van der Waals surface area (Å²) in [5.74, 6) is 0.745. The average molecular weight is 554 g/mol. The summed E-state index contributed by atoms with van der Waals surface area (Å²) in [7, 11) is -1.55. The summed E-state index contributed by atoms with van der Waals surface area (Å²) in [4.78, 5) is 6.70. The zero-order valence-electron chi connectivity index (χ0n) is 19.4. The van der Waals surface area contributed by atoms with Crippen LogP contribution in [-0.4, -0.2) is 57.5 Å². The van der Waals surface area contributed by atoms with Gasteiger partial charge in [0.25, 0.3) is 0 Å². The average Bonchev–Trinajstić information content (AvgIpc) is 2.60. The molecule has 0 aliphatic carbocycles. The highest BCUT2D eigenvalue weighted by molar-refractivity contribution is 14.0. The second kappa shape index (κ2) is 14.2. The maximum atomic E-state index is 12.0. The summed E-state index contributed by atoms with van der Waals surface area (Å²) in [6.07, 6.45) is 0. The van der Waals surface area contributed by atoms with Crippen LogP contribution in [0.2, 0.25) is 0 Å². The van der Waals surface area contributed by atoms with E-state index in [0.29, 0.717) is 18.6 Å². The number of guanidine groups is 1. The number of nitrogens with one attached hydrogen (secondary N) is 3. The lowest BCUT2D eigenvalue weighted by Crippen LogP contribution is -2.45. The molecule has 0 unspecified atom stereocenters. The molecule has 1 aromatic carbocycles. The summed E-state index contributed by atoms with van der Waals surface area (Å²) >= 11 is 0. The number of rotatable bonds is 11. The van der Waals surface area contributed by atoms with E-state index in [-0.39, 0.29) is 35.8 Å². The van der Waals surface area contributed by atoms with Crippen molar-refractivity contribution in [2.45, 2.75) is 72.0 Å². The molecule has 0 atom stereocenters. The predicted octanol–water partition coefficient (Wildman–Crippen LogP) is 2.92. The van der Waals surface area contributed by atoms with Gasteiger partial charge >= 0.3 is 0 Å². The van der Waals surface area contributed by atoms with Gasteiger partial charge in [-0.05, 0) is 52.7 Å². The topological polar surface area (TPSA) is 85.8 Å². The molecule has 0 spiro atoms. The first-order chi connectivity index (χ1) is 13.5. The summed E-state index contributed by atoms with van der Waals surface area (Å²) < 4.78 is 26.7. The molecule has 1 rings (SSSR count). The van der Waals surface area contributed by atoms with Crippen LogP contribution in [0.1, 0.15) is 52.7 Å². The van der Waals surface area contributed by atoms with E-state index >= 15 is 0 Å². The van der Waals surface area contributed by atoms with Gasteiger partial charge in [0.2, 0.25) is 10.0 Å². The SMILES string of the molecule is CN=C(NCCN(C(C)C)C(C)C)NCc1ccc(CS(=O)(=O)NC(C)C)cc1.I. The van der Waals surface area contributed by atoms with Gasteiger partial charge in [0.1, 0.15) is 0 Å². The first-order valence-corrected chi connectivity index (χ1v) is 12.0. The van der Waals surface area contributed by atoms with Crippen LogP contribution in [0, 0.1) is 0 Å². The van der Waals surface area contributed by atoms with Crippen molar-refractivity contribution < 1.29 is 8.42 Å². The van der Waals surface area contributed by atoms with Gasteiger partial charge in [0, 0.05) is 44.8 Å². The molecule has 3 N–H and O–H groups in total. The Labute approximate surface area is 200 Å². The third kappa shape index (κ3) is 11.5. The van der Waals surface area contributed by atoms with Crippen molar-refractivity contribution >= 4 is 40.0 Å². The molecule has 0 radical (unpaired) electrons. The highest BCUT2D eigenvalue weighted by Crippen LogP contribution is 2.08. The number of sulfonamides is 1. The molecule has 7 nitrogen and oxygen atoms in total. The van der Waals surface area contributed by atoms with Crippen LogP contribution in [0.25, 0.3) is 0 Å². The van der Waals surface area contributed by atoms with Crippen molar-refractivity contribution in [3.63, 3.8) is 0 Å². The zero-order valence-corrected chi connectivity index (χ0v) is 22.5. The van der Waals surface area contributed by atoms with Crippen LogP contribution in [0.3, 0.4) is 0 Å². The van der Waals surface area contributed by atoms with E-state index < -0.39 is 10.0 Å². The Hall–Kier alpha value is -0.910. The third-order valence-electron chi connectivity index (χ3n) is 4.47. The monoisotopic (exact) mass is 553 g/mol. The van der Waals surface area contributed by atoms with Crippen LogP contribution >= 0.6 is 24.0 Å². The van der Waals surface area contributed by atoms with E-state index in [4.69, 9.17) is 0 Å². The van der Waals surface area contributed by atoms with Gasteiger partial charge in [-0.3, -0.25) is 9.89 Å². The molecule has 0 aliphatic rings. The van der Waals surface area contributed by atoms with E-state index in [1.54, 1.807) is 7.05 Å². The normalized spacial score (nSPS) is 12.6. The number of nitrogens with zero attached hydrogens (tertiary/aromatic N) is 2. The summed E-state index contributed by atoms with van der Waals surface area (Å²) in [5, 5.41) is 6.65. The van der Waals surface area contributed by atoms with Gasteiger partial charge in [0.15, 0.2) is 5.96 Å². The standard InChI is InChI=1S/C21H39N5O2S.HI/c1-16(2)25-29(27,28)15-20-10-8-19(9-11-20)14-24-21(22-7)23-12-13-26(17(3)4)18(5)6;/h8-11,16-18,25H,12-15H2,1-7H3,(H2,22,23,24);1H. The van der Waals surface area contributed by atoms with Gasteiger partial charge < -0.3 is 10.6 Å². The molecule has 0 bridgehead atoms.